The lowest BCUT2D eigenvalue weighted by molar-refractivity contribution is 0.124. The summed E-state index contributed by atoms with van der Waals surface area (Å²) in [7, 11) is 0. The fourth-order valence-electron chi connectivity index (χ4n) is 4.17. The van der Waals surface area contributed by atoms with Crippen LogP contribution in [0, 0.1) is 0 Å². The molecule has 0 spiro atoms. The molecule has 2 N–H and O–H groups in total. The van der Waals surface area contributed by atoms with Crippen molar-refractivity contribution in [1.82, 2.24) is 0 Å². The van der Waals surface area contributed by atoms with Crippen LogP contribution in [0.2, 0.25) is 0 Å². The molecule has 1 aromatic heterocycles. The minimum atomic E-state index is -0.492. The van der Waals surface area contributed by atoms with Gasteiger partial charge in [0.2, 0.25) is 0 Å². The first-order valence-corrected chi connectivity index (χ1v) is 10.1. The van der Waals surface area contributed by atoms with Gasteiger partial charge in [-0.2, -0.15) is 0 Å². The fraction of sp³-hybridized carbons (Fsp3) is 0.280. The molecule has 0 bridgehead atoms. The fourth-order valence-corrected chi connectivity index (χ4v) is 4.17. The van der Waals surface area contributed by atoms with Crippen LogP contribution in [0.1, 0.15) is 44.7 Å². The van der Waals surface area contributed by atoms with Gasteiger partial charge in [0.15, 0.2) is 11.5 Å². The highest BCUT2D eigenvalue weighted by Crippen LogP contribution is 2.51. The lowest BCUT2D eigenvalue weighted by Gasteiger charge is -2.32. The number of benzene rings is 2. The van der Waals surface area contributed by atoms with E-state index in [4.69, 9.17) is 13.9 Å². The van der Waals surface area contributed by atoms with Crippen molar-refractivity contribution >= 4 is 17.0 Å². The van der Waals surface area contributed by atoms with Gasteiger partial charge in [-0.3, -0.25) is 0 Å². The number of furan rings is 1. The van der Waals surface area contributed by atoms with E-state index in [-0.39, 0.29) is 18.1 Å². The average Bonchev–Trinajstić information content (AvgIpc) is 3.07. The summed E-state index contributed by atoms with van der Waals surface area (Å²) in [5.41, 5.74) is 3.70. The monoisotopic (exact) mass is 404 g/mol. The maximum atomic E-state index is 11.2. The molecule has 3 heterocycles. The Morgan fingerprint density at radius 2 is 2.03 bits per heavy atom. The summed E-state index contributed by atoms with van der Waals surface area (Å²) in [6.45, 7) is 6.45. The van der Waals surface area contributed by atoms with Gasteiger partial charge in [-0.05, 0) is 57.9 Å². The van der Waals surface area contributed by atoms with Crippen LogP contribution in [0.15, 0.2) is 46.4 Å². The van der Waals surface area contributed by atoms with Crippen LogP contribution < -0.4 is 9.47 Å². The number of hydrogen-bond donors (Lipinski definition) is 2. The molecule has 5 nitrogen and oxygen atoms in total. The van der Waals surface area contributed by atoms with Crippen molar-refractivity contribution in [3.8, 4) is 34.3 Å². The molecule has 0 radical (unpaired) electrons. The van der Waals surface area contributed by atoms with Crippen molar-refractivity contribution < 1.29 is 24.1 Å². The molecule has 0 fully saturated rings. The molecule has 1 unspecified atom stereocenters. The Bertz CT molecular complexity index is 1230. The van der Waals surface area contributed by atoms with E-state index in [1.165, 1.54) is 5.57 Å². The van der Waals surface area contributed by atoms with Crippen LogP contribution in [-0.4, -0.2) is 15.8 Å². The van der Waals surface area contributed by atoms with Crippen molar-refractivity contribution in [1.29, 1.82) is 0 Å². The lowest BCUT2D eigenvalue weighted by atomic mass is 9.93. The second kappa shape index (κ2) is 6.59. The Balaban J connectivity index is 1.59. The molecule has 30 heavy (non-hydrogen) atoms. The first kappa shape index (κ1) is 18.7. The number of ether oxygens (including phenoxy) is 2. The van der Waals surface area contributed by atoms with E-state index < -0.39 is 5.60 Å². The third-order valence-electron chi connectivity index (χ3n) is 5.76. The SMILES string of the molecule is CC(C)=CCCC1(C)C=Cc2cc3oc4c(c3c(O)c2O1)COc1cc(O)ccc1-4. The maximum Gasteiger partial charge on any atom is 0.170 e. The van der Waals surface area contributed by atoms with Crippen LogP contribution in [0.5, 0.6) is 23.0 Å². The molecule has 0 aliphatic carbocycles. The molecule has 2 aromatic carbocycles. The largest absolute Gasteiger partial charge is 0.508 e. The van der Waals surface area contributed by atoms with Crippen molar-refractivity contribution in [2.24, 2.45) is 0 Å². The first-order valence-electron chi connectivity index (χ1n) is 10.1. The molecule has 2 aliphatic rings. The molecule has 0 saturated heterocycles. The molecule has 2 aliphatic heterocycles. The molecule has 5 heteroatoms. The van der Waals surface area contributed by atoms with E-state index in [2.05, 4.69) is 19.9 Å². The quantitative estimate of drug-likeness (QED) is 0.500. The highest BCUT2D eigenvalue weighted by atomic mass is 16.5. The number of hydrogen-bond acceptors (Lipinski definition) is 5. The number of phenols is 2. The maximum absolute atomic E-state index is 11.2. The minimum absolute atomic E-state index is 0.0797. The van der Waals surface area contributed by atoms with Crippen LogP contribution in [0.3, 0.4) is 0 Å². The van der Waals surface area contributed by atoms with Crippen LogP contribution >= 0.6 is 0 Å². The van der Waals surface area contributed by atoms with Crippen LogP contribution in [0.4, 0.5) is 0 Å². The lowest BCUT2D eigenvalue weighted by Crippen LogP contribution is -2.31. The van der Waals surface area contributed by atoms with E-state index in [1.54, 1.807) is 18.2 Å². The highest BCUT2D eigenvalue weighted by molar-refractivity contribution is 5.98. The predicted molar refractivity (Wildman–Crippen MR) is 116 cm³/mol. The topological polar surface area (TPSA) is 72.1 Å². The third-order valence-corrected chi connectivity index (χ3v) is 5.76. The van der Waals surface area contributed by atoms with Gasteiger partial charge in [-0.25, -0.2) is 0 Å². The Morgan fingerprint density at radius 3 is 2.83 bits per heavy atom. The van der Waals surface area contributed by atoms with Gasteiger partial charge < -0.3 is 24.1 Å². The zero-order valence-corrected chi connectivity index (χ0v) is 17.3. The predicted octanol–water partition coefficient (Wildman–Crippen LogP) is 6.31. The van der Waals surface area contributed by atoms with E-state index in [9.17, 15) is 10.2 Å². The summed E-state index contributed by atoms with van der Waals surface area (Å²) >= 11 is 0. The number of rotatable bonds is 3. The van der Waals surface area contributed by atoms with E-state index >= 15 is 0 Å². The Kier molecular flexibility index (Phi) is 4.10. The van der Waals surface area contributed by atoms with Gasteiger partial charge in [-0.1, -0.05) is 17.7 Å². The van der Waals surface area contributed by atoms with Crippen molar-refractivity contribution in [3.05, 3.63) is 53.1 Å². The van der Waals surface area contributed by atoms with Crippen molar-refractivity contribution in [2.75, 3.05) is 0 Å². The Morgan fingerprint density at radius 1 is 1.20 bits per heavy atom. The average molecular weight is 404 g/mol. The number of aromatic hydroxyl groups is 2. The summed E-state index contributed by atoms with van der Waals surface area (Å²) in [6.07, 6.45) is 7.95. The first-order chi connectivity index (χ1) is 14.3. The van der Waals surface area contributed by atoms with E-state index in [0.717, 1.165) is 29.5 Å². The molecular formula is C25H24O5. The highest BCUT2D eigenvalue weighted by Gasteiger charge is 2.33. The molecule has 0 amide bonds. The summed E-state index contributed by atoms with van der Waals surface area (Å²) in [4.78, 5) is 0. The molecular weight excluding hydrogens is 380 g/mol. The summed E-state index contributed by atoms with van der Waals surface area (Å²) in [5.74, 6) is 1.91. The summed E-state index contributed by atoms with van der Waals surface area (Å²) in [5, 5.41) is 21.5. The molecule has 1 atom stereocenters. The molecule has 3 aromatic rings. The second-order valence-corrected chi connectivity index (χ2v) is 8.46. The van der Waals surface area contributed by atoms with Crippen LogP contribution in [-0.2, 0) is 6.61 Å². The van der Waals surface area contributed by atoms with E-state index in [0.29, 0.717) is 28.2 Å². The number of allylic oxidation sites excluding steroid dienone is 2. The summed E-state index contributed by atoms with van der Waals surface area (Å²) in [6, 6.07) is 6.83. The normalized spacial score (nSPS) is 18.8. The Hall–Kier alpha value is -3.34. The minimum Gasteiger partial charge on any atom is -0.508 e. The van der Waals surface area contributed by atoms with Gasteiger partial charge in [0, 0.05) is 17.2 Å². The zero-order valence-electron chi connectivity index (χ0n) is 17.3. The van der Waals surface area contributed by atoms with Gasteiger partial charge in [0.1, 0.15) is 35.1 Å². The smallest absolute Gasteiger partial charge is 0.170 e. The van der Waals surface area contributed by atoms with Gasteiger partial charge >= 0.3 is 0 Å². The number of phenolic OH excluding ortho intramolecular Hbond substituents is 2. The van der Waals surface area contributed by atoms with Crippen molar-refractivity contribution in [3.63, 3.8) is 0 Å². The standard InChI is InChI=1S/C25H24O5/c1-14(2)5-4-9-25(3)10-8-15-11-20-21(22(27)23(15)30-25)18-13-28-19-12-16(26)6-7-17(19)24(18)29-20/h5-8,10-12,26-27H,4,9,13H2,1-3H3. The van der Waals surface area contributed by atoms with Gasteiger partial charge in [0.05, 0.1) is 10.9 Å². The third kappa shape index (κ3) is 2.93. The number of fused-ring (bicyclic) bond motifs is 6. The molecule has 154 valence electrons. The van der Waals surface area contributed by atoms with E-state index in [1.807, 2.05) is 25.1 Å². The van der Waals surface area contributed by atoms with Gasteiger partial charge in [-0.15, -0.1) is 0 Å². The molecule has 5 rings (SSSR count). The zero-order chi connectivity index (χ0) is 21.0. The summed E-state index contributed by atoms with van der Waals surface area (Å²) < 4.78 is 18.3. The molecule has 0 saturated carbocycles. The van der Waals surface area contributed by atoms with Gasteiger partial charge in [0.25, 0.3) is 0 Å². The van der Waals surface area contributed by atoms with Crippen LogP contribution in [0.25, 0.3) is 28.4 Å². The second-order valence-electron chi connectivity index (χ2n) is 8.46. The van der Waals surface area contributed by atoms with Crippen molar-refractivity contribution in [2.45, 2.75) is 45.8 Å². The Labute approximate surface area is 174 Å².